The number of nitrogens with zero attached hydrogens (tertiary/aromatic N) is 1. The molecular formula is C18H25NO4. The fraction of sp³-hybridized carbons (Fsp3) is 0.611. The summed E-state index contributed by atoms with van der Waals surface area (Å²) < 4.78 is 11.3. The topological polar surface area (TPSA) is 59.0 Å². The van der Waals surface area contributed by atoms with Crippen LogP contribution in [0, 0.1) is 5.92 Å². The zero-order chi connectivity index (χ0) is 16.3. The number of amides is 1. The summed E-state index contributed by atoms with van der Waals surface area (Å²) in [7, 11) is 1.73. The minimum atomic E-state index is -0.177. The number of ether oxygens (including phenoxy) is 2. The Kier molecular flexibility index (Phi) is 4.87. The first-order valence-electron chi connectivity index (χ1n) is 8.33. The zero-order valence-corrected chi connectivity index (χ0v) is 13.7. The second-order valence-corrected chi connectivity index (χ2v) is 6.72. The molecule has 5 heteroatoms. The molecule has 2 saturated heterocycles. The van der Waals surface area contributed by atoms with Crippen molar-refractivity contribution in [1.82, 2.24) is 4.90 Å². The summed E-state index contributed by atoms with van der Waals surface area (Å²) in [5.41, 5.74) is 0.442. The van der Waals surface area contributed by atoms with Crippen molar-refractivity contribution in [3.63, 3.8) is 0 Å². The van der Waals surface area contributed by atoms with Gasteiger partial charge in [-0.1, -0.05) is 0 Å². The first-order chi connectivity index (χ1) is 11.1. The molecule has 0 unspecified atom stereocenters. The predicted octanol–water partition coefficient (Wildman–Crippen LogP) is 2.44. The highest BCUT2D eigenvalue weighted by molar-refractivity contribution is 5.94. The molecule has 1 amide bonds. The molecule has 0 aliphatic carbocycles. The Morgan fingerprint density at radius 1 is 1.43 bits per heavy atom. The average molecular weight is 319 g/mol. The number of hydrogen-bond donors (Lipinski definition) is 1. The number of aromatic hydroxyl groups is 1. The SMILES string of the molecule is COCC[C@H]1CO[C@@]2(CCCN(C(=O)c3ccc(O)cc3)C2)C1. The van der Waals surface area contributed by atoms with E-state index in [1.807, 2.05) is 4.90 Å². The van der Waals surface area contributed by atoms with Crippen LogP contribution in [0.4, 0.5) is 0 Å². The Hall–Kier alpha value is -1.59. The van der Waals surface area contributed by atoms with Crippen LogP contribution in [0.2, 0.25) is 0 Å². The highest BCUT2D eigenvalue weighted by atomic mass is 16.5. The maximum Gasteiger partial charge on any atom is 0.253 e. The van der Waals surface area contributed by atoms with E-state index in [1.54, 1.807) is 31.4 Å². The van der Waals surface area contributed by atoms with Gasteiger partial charge in [0.25, 0.3) is 5.91 Å². The minimum absolute atomic E-state index is 0.0213. The number of benzene rings is 1. The van der Waals surface area contributed by atoms with Crippen LogP contribution in [0.1, 0.15) is 36.0 Å². The van der Waals surface area contributed by atoms with Gasteiger partial charge in [0.15, 0.2) is 0 Å². The zero-order valence-electron chi connectivity index (χ0n) is 13.7. The molecule has 0 aromatic heterocycles. The number of phenolic OH excluding ortho intramolecular Hbond substituents is 1. The van der Waals surface area contributed by atoms with Crippen molar-refractivity contribution in [1.29, 1.82) is 0 Å². The van der Waals surface area contributed by atoms with Gasteiger partial charge in [0.1, 0.15) is 5.75 Å². The standard InChI is InChI=1S/C18H25NO4/c1-22-10-7-14-11-18(23-12-14)8-2-9-19(13-18)17(21)15-3-5-16(20)6-4-15/h3-6,14,20H,2,7-13H2,1H3/t14-,18+/m1/s1. The summed E-state index contributed by atoms with van der Waals surface area (Å²) in [5, 5.41) is 9.36. The van der Waals surface area contributed by atoms with Crippen LogP contribution in [-0.4, -0.2) is 54.9 Å². The summed E-state index contributed by atoms with van der Waals surface area (Å²) in [6, 6.07) is 6.46. The number of carbonyl (C=O) groups is 1. The van der Waals surface area contributed by atoms with Gasteiger partial charge < -0.3 is 19.5 Å². The largest absolute Gasteiger partial charge is 0.508 e. The number of phenols is 1. The molecule has 1 spiro atoms. The minimum Gasteiger partial charge on any atom is -0.508 e. The van der Waals surface area contributed by atoms with E-state index in [1.165, 1.54) is 0 Å². The van der Waals surface area contributed by atoms with Crippen LogP contribution < -0.4 is 0 Å². The van der Waals surface area contributed by atoms with Crippen molar-refractivity contribution in [2.45, 2.75) is 31.3 Å². The lowest BCUT2D eigenvalue weighted by Crippen LogP contribution is -2.50. The molecule has 1 N–H and O–H groups in total. The van der Waals surface area contributed by atoms with Gasteiger partial charge in [0, 0.05) is 32.4 Å². The van der Waals surface area contributed by atoms with Gasteiger partial charge in [-0.25, -0.2) is 0 Å². The molecule has 2 aliphatic heterocycles. The fourth-order valence-electron chi connectivity index (χ4n) is 3.75. The van der Waals surface area contributed by atoms with E-state index in [0.29, 0.717) is 18.0 Å². The molecule has 0 bridgehead atoms. The first kappa shape index (κ1) is 16.3. The van der Waals surface area contributed by atoms with E-state index < -0.39 is 0 Å². The van der Waals surface area contributed by atoms with Crippen molar-refractivity contribution < 1.29 is 19.4 Å². The van der Waals surface area contributed by atoms with Crippen LogP contribution in [0.5, 0.6) is 5.75 Å². The molecule has 1 aromatic carbocycles. The first-order valence-corrected chi connectivity index (χ1v) is 8.33. The Morgan fingerprint density at radius 3 is 2.96 bits per heavy atom. The molecule has 23 heavy (non-hydrogen) atoms. The van der Waals surface area contributed by atoms with Gasteiger partial charge >= 0.3 is 0 Å². The Bertz CT molecular complexity index is 544. The van der Waals surface area contributed by atoms with Crippen LogP contribution in [-0.2, 0) is 9.47 Å². The van der Waals surface area contributed by atoms with Gasteiger partial charge in [0.05, 0.1) is 12.2 Å². The quantitative estimate of drug-likeness (QED) is 0.926. The number of rotatable bonds is 4. The van der Waals surface area contributed by atoms with Gasteiger partial charge in [-0.15, -0.1) is 0 Å². The molecule has 126 valence electrons. The smallest absolute Gasteiger partial charge is 0.253 e. The van der Waals surface area contributed by atoms with Crippen LogP contribution in [0.15, 0.2) is 24.3 Å². The van der Waals surface area contributed by atoms with Gasteiger partial charge in [0.2, 0.25) is 0 Å². The van der Waals surface area contributed by atoms with Crippen LogP contribution >= 0.6 is 0 Å². The van der Waals surface area contributed by atoms with E-state index >= 15 is 0 Å². The van der Waals surface area contributed by atoms with E-state index in [9.17, 15) is 9.90 Å². The van der Waals surface area contributed by atoms with Crippen molar-refractivity contribution in [3.05, 3.63) is 29.8 Å². The lowest BCUT2D eigenvalue weighted by molar-refractivity contribution is -0.0450. The second-order valence-electron chi connectivity index (χ2n) is 6.72. The van der Waals surface area contributed by atoms with E-state index in [-0.39, 0.29) is 17.3 Å². The molecule has 2 aliphatic rings. The summed E-state index contributed by atoms with van der Waals surface area (Å²) >= 11 is 0. The third-order valence-electron chi connectivity index (χ3n) is 4.96. The van der Waals surface area contributed by atoms with Gasteiger partial charge in [-0.05, 0) is 55.9 Å². The van der Waals surface area contributed by atoms with Crippen molar-refractivity contribution >= 4 is 5.91 Å². The predicted molar refractivity (Wildman–Crippen MR) is 86.5 cm³/mol. The van der Waals surface area contributed by atoms with E-state index in [2.05, 4.69) is 0 Å². The van der Waals surface area contributed by atoms with Gasteiger partial charge in [-0.3, -0.25) is 4.79 Å². The number of piperidine rings is 1. The Balaban J connectivity index is 1.64. The number of likely N-dealkylation sites (tertiary alicyclic amines) is 1. The number of methoxy groups -OCH3 is 1. The highest BCUT2D eigenvalue weighted by Crippen LogP contribution is 2.39. The van der Waals surface area contributed by atoms with Crippen molar-refractivity contribution in [2.75, 3.05) is 33.4 Å². The molecule has 2 fully saturated rings. The summed E-state index contributed by atoms with van der Waals surface area (Å²) in [4.78, 5) is 14.6. The Labute approximate surface area is 137 Å². The fourth-order valence-corrected chi connectivity index (χ4v) is 3.75. The summed E-state index contributed by atoms with van der Waals surface area (Å²) in [5.74, 6) is 0.725. The lowest BCUT2D eigenvalue weighted by atomic mass is 9.85. The maximum atomic E-state index is 12.7. The van der Waals surface area contributed by atoms with Crippen molar-refractivity contribution in [2.24, 2.45) is 5.92 Å². The number of hydrogen-bond acceptors (Lipinski definition) is 4. The molecule has 1 aromatic rings. The van der Waals surface area contributed by atoms with E-state index in [4.69, 9.17) is 9.47 Å². The Morgan fingerprint density at radius 2 is 2.22 bits per heavy atom. The van der Waals surface area contributed by atoms with Crippen LogP contribution in [0.3, 0.4) is 0 Å². The molecule has 3 rings (SSSR count). The summed E-state index contributed by atoms with van der Waals surface area (Å²) in [6.45, 7) is 2.97. The molecule has 5 nitrogen and oxygen atoms in total. The molecule has 0 radical (unpaired) electrons. The third-order valence-corrected chi connectivity index (χ3v) is 4.96. The van der Waals surface area contributed by atoms with Crippen molar-refractivity contribution in [3.8, 4) is 5.75 Å². The molecule has 0 saturated carbocycles. The highest BCUT2D eigenvalue weighted by Gasteiger charge is 2.44. The van der Waals surface area contributed by atoms with Crippen LogP contribution in [0.25, 0.3) is 0 Å². The monoisotopic (exact) mass is 319 g/mol. The molecular weight excluding hydrogens is 294 g/mol. The molecule has 2 heterocycles. The summed E-state index contributed by atoms with van der Waals surface area (Å²) in [6.07, 6.45) is 4.02. The van der Waals surface area contributed by atoms with Gasteiger partial charge in [-0.2, -0.15) is 0 Å². The number of carbonyl (C=O) groups excluding carboxylic acids is 1. The lowest BCUT2D eigenvalue weighted by Gasteiger charge is -2.40. The van der Waals surface area contributed by atoms with E-state index in [0.717, 1.165) is 45.4 Å². The molecule has 2 atom stereocenters. The average Bonchev–Trinajstić information content (AvgIpc) is 2.95. The normalized spacial score (nSPS) is 27.5. The second kappa shape index (κ2) is 6.89. The third kappa shape index (κ3) is 3.67. The maximum absolute atomic E-state index is 12.7.